The molecule has 0 saturated carbocycles. The fourth-order valence-electron chi connectivity index (χ4n) is 2.07. The van der Waals surface area contributed by atoms with Crippen LogP contribution in [0, 0.1) is 0 Å². The summed E-state index contributed by atoms with van der Waals surface area (Å²) in [7, 11) is 1.89. The summed E-state index contributed by atoms with van der Waals surface area (Å²) in [6, 6.07) is 8.15. The molecule has 1 saturated heterocycles. The number of hydrogen-bond donors (Lipinski definition) is 1. The fourth-order valence-corrected chi connectivity index (χ4v) is 2.48. The Kier molecular flexibility index (Phi) is 4.07. The van der Waals surface area contributed by atoms with Crippen molar-refractivity contribution in [3.8, 4) is 0 Å². The quantitative estimate of drug-likeness (QED) is 0.831. The second-order valence-corrected chi connectivity index (χ2v) is 5.17. The van der Waals surface area contributed by atoms with Gasteiger partial charge in [0.05, 0.1) is 0 Å². The molecule has 4 heteroatoms. The second kappa shape index (κ2) is 5.56. The largest absolute Gasteiger partial charge is 0.337 e. The van der Waals surface area contributed by atoms with Gasteiger partial charge in [-0.05, 0) is 43.5 Å². The summed E-state index contributed by atoms with van der Waals surface area (Å²) in [4.78, 5) is 15.3. The first kappa shape index (κ1) is 12.5. The summed E-state index contributed by atoms with van der Waals surface area (Å²) >= 11 is 1.69. The van der Waals surface area contributed by atoms with Crippen molar-refractivity contribution >= 4 is 17.7 Å². The first-order valence-corrected chi connectivity index (χ1v) is 7.07. The Morgan fingerprint density at radius 2 is 2.12 bits per heavy atom. The van der Waals surface area contributed by atoms with E-state index in [-0.39, 0.29) is 5.91 Å². The number of likely N-dealkylation sites (N-methyl/N-ethyl adjacent to an activating group) is 1. The van der Waals surface area contributed by atoms with Gasteiger partial charge in [0.2, 0.25) is 0 Å². The zero-order chi connectivity index (χ0) is 12.3. The minimum atomic E-state index is 0.117. The third-order valence-electron chi connectivity index (χ3n) is 3.24. The molecule has 0 bridgehead atoms. The maximum absolute atomic E-state index is 12.2. The molecule has 1 aromatic rings. The van der Waals surface area contributed by atoms with Gasteiger partial charge in [-0.25, -0.2) is 0 Å². The van der Waals surface area contributed by atoms with Crippen molar-refractivity contribution in [3.63, 3.8) is 0 Å². The number of carbonyl (C=O) groups is 1. The average molecular weight is 250 g/mol. The first-order chi connectivity index (χ1) is 8.22. The van der Waals surface area contributed by atoms with Crippen molar-refractivity contribution in [3.05, 3.63) is 29.8 Å². The van der Waals surface area contributed by atoms with Crippen molar-refractivity contribution in [2.75, 3.05) is 26.4 Å². The third kappa shape index (κ3) is 2.82. The molecular weight excluding hydrogens is 232 g/mol. The average Bonchev–Trinajstić information content (AvgIpc) is 2.91. The summed E-state index contributed by atoms with van der Waals surface area (Å²) in [5, 5.41) is 3.28. The van der Waals surface area contributed by atoms with Gasteiger partial charge >= 0.3 is 0 Å². The Bertz CT molecular complexity index is 385. The fraction of sp³-hybridized carbons (Fsp3) is 0.462. The van der Waals surface area contributed by atoms with E-state index in [1.807, 2.05) is 42.5 Å². The van der Waals surface area contributed by atoms with Gasteiger partial charge in [-0.3, -0.25) is 4.79 Å². The van der Waals surface area contributed by atoms with Crippen LogP contribution in [0.1, 0.15) is 16.8 Å². The second-order valence-electron chi connectivity index (χ2n) is 4.29. The number of rotatable bonds is 3. The van der Waals surface area contributed by atoms with E-state index >= 15 is 0 Å². The Balaban J connectivity index is 2.07. The van der Waals surface area contributed by atoms with Crippen LogP contribution in [0.4, 0.5) is 0 Å². The van der Waals surface area contributed by atoms with Crippen LogP contribution in [0.3, 0.4) is 0 Å². The van der Waals surface area contributed by atoms with E-state index in [0.717, 1.165) is 25.1 Å². The zero-order valence-corrected chi connectivity index (χ0v) is 11.1. The van der Waals surface area contributed by atoms with Crippen LogP contribution < -0.4 is 5.32 Å². The Hall–Kier alpha value is -1.00. The topological polar surface area (TPSA) is 32.3 Å². The van der Waals surface area contributed by atoms with E-state index in [9.17, 15) is 4.79 Å². The number of amides is 1. The van der Waals surface area contributed by atoms with Gasteiger partial charge in [-0.1, -0.05) is 0 Å². The van der Waals surface area contributed by atoms with Gasteiger partial charge in [0.15, 0.2) is 0 Å². The van der Waals surface area contributed by atoms with Crippen LogP contribution in [0.15, 0.2) is 29.2 Å². The molecule has 1 fully saturated rings. The molecule has 1 aromatic carbocycles. The molecule has 1 atom stereocenters. The van der Waals surface area contributed by atoms with Crippen molar-refractivity contribution in [2.24, 2.45) is 0 Å². The maximum atomic E-state index is 12.2. The van der Waals surface area contributed by atoms with Crippen molar-refractivity contribution in [2.45, 2.75) is 17.4 Å². The highest BCUT2D eigenvalue weighted by atomic mass is 32.2. The number of carbonyl (C=O) groups excluding carboxylic acids is 1. The molecule has 2 rings (SSSR count). The lowest BCUT2D eigenvalue weighted by Crippen LogP contribution is -2.38. The minimum Gasteiger partial charge on any atom is -0.337 e. The van der Waals surface area contributed by atoms with E-state index < -0.39 is 0 Å². The molecular formula is C13H18N2OS. The number of nitrogens with zero attached hydrogens (tertiary/aromatic N) is 1. The van der Waals surface area contributed by atoms with E-state index in [2.05, 4.69) is 5.32 Å². The number of thioether (sulfide) groups is 1. The van der Waals surface area contributed by atoms with Crippen molar-refractivity contribution < 1.29 is 4.79 Å². The number of benzene rings is 1. The molecule has 1 heterocycles. The summed E-state index contributed by atoms with van der Waals surface area (Å²) in [6.45, 7) is 1.92. The number of hydrogen-bond acceptors (Lipinski definition) is 3. The van der Waals surface area contributed by atoms with Crippen LogP contribution in [-0.2, 0) is 0 Å². The van der Waals surface area contributed by atoms with Gasteiger partial charge in [0.25, 0.3) is 5.91 Å². The lowest BCUT2D eigenvalue weighted by molar-refractivity contribution is 0.0743. The first-order valence-electron chi connectivity index (χ1n) is 5.84. The Labute approximate surface area is 107 Å². The normalized spacial score (nSPS) is 19.3. The monoisotopic (exact) mass is 250 g/mol. The summed E-state index contributed by atoms with van der Waals surface area (Å²) in [5.74, 6) is 0.117. The molecule has 3 nitrogen and oxygen atoms in total. The number of nitrogens with one attached hydrogen (secondary N) is 1. The predicted molar refractivity (Wildman–Crippen MR) is 71.6 cm³/mol. The molecule has 1 aliphatic heterocycles. The van der Waals surface area contributed by atoms with Gasteiger partial charge < -0.3 is 10.2 Å². The molecule has 92 valence electrons. The lowest BCUT2D eigenvalue weighted by atomic mass is 10.1. The zero-order valence-electron chi connectivity index (χ0n) is 10.3. The lowest BCUT2D eigenvalue weighted by Gasteiger charge is -2.23. The highest BCUT2D eigenvalue weighted by Gasteiger charge is 2.23. The predicted octanol–water partition coefficient (Wildman–Crippen LogP) is 1.84. The Morgan fingerprint density at radius 3 is 2.65 bits per heavy atom. The van der Waals surface area contributed by atoms with Crippen LogP contribution in [0.2, 0.25) is 0 Å². The van der Waals surface area contributed by atoms with E-state index in [4.69, 9.17) is 0 Å². The molecule has 1 N–H and O–H groups in total. The molecule has 0 aliphatic carbocycles. The molecule has 17 heavy (non-hydrogen) atoms. The van der Waals surface area contributed by atoms with Crippen LogP contribution in [0.25, 0.3) is 0 Å². The van der Waals surface area contributed by atoms with E-state index in [1.165, 1.54) is 4.90 Å². The van der Waals surface area contributed by atoms with Gasteiger partial charge in [0, 0.05) is 30.1 Å². The van der Waals surface area contributed by atoms with E-state index in [0.29, 0.717) is 6.04 Å². The molecule has 0 radical (unpaired) electrons. The molecule has 1 amide bonds. The van der Waals surface area contributed by atoms with Gasteiger partial charge in [-0.2, -0.15) is 0 Å². The SMILES string of the molecule is CSc1ccc(C(=O)N(C)C2CCNC2)cc1. The minimum absolute atomic E-state index is 0.117. The molecule has 1 aliphatic rings. The summed E-state index contributed by atoms with van der Waals surface area (Å²) < 4.78 is 0. The summed E-state index contributed by atoms with van der Waals surface area (Å²) in [6.07, 6.45) is 3.08. The highest BCUT2D eigenvalue weighted by Crippen LogP contribution is 2.17. The standard InChI is InChI=1S/C13H18N2OS/c1-15(11-7-8-14-9-11)13(16)10-3-5-12(17-2)6-4-10/h3-6,11,14H,7-9H2,1-2H3. The smallest absolute Gasteiger partial charge is 0.253 e. The molecule has 1 unspecified atom stereocenters. The highest BCUT2D eigenvalue weighted by molar-refractivity contribution is 7.98. The summed E-state index contributed by atoms with van der Waals surface area (Å²) in [5.41, 5.74) is 0.775. The van der Waals surface area contributed by atoms with Crippen molar-refractivity contribution in [1.29, 1.82) is 0 Å². The van der Waals surface area contributed by atoms with Crippen molar-refractivity contribution in [1.82, 2.24) is 10.2 Å². The van der Waals surface area contributed by atoms with Crippen LogP contribution >= 0.6 is 11.8 Å². The van der Waals surface area contributed by atoms with E-state index in [1.54, 1.807) is 11.8 Å². The molecule has 0 aromatic heterocycles. The molecule has 0 spiro atoms. The third-order valence-corrected chi connectivity index (χ3v) is 3.98. The Morgan fingerprint density at radius 1 is 1.41 bits per heavy atom. The van der Waals surface area contributed by atoms with Crippen LogP contribution in [0.5, 0.6) is 0 Å². The maximum Gasteiger partial charge on any atom is 0.253 e. The van der Waals surface area contributed by atoms with Crippen LogP contribution in [-0.4, -0.2) is 43.2 Å². The van der Waals surface area contributed by atoms with Gasteiger partial charge in [0.1, 0.15) is 0 Å². The van der Waals surface area contributed by atoms with Gasteiger partial charge in [-0.15, -0.1) is 11.8 Å².